The number of unbranched alkanes of at least 4 members (excludes halogenated alkanes) is 1. The summed E-state index contributed by atoms with van der Waals surface area (Å²) in [7, 11) is 1.73. The van der Waals surface area contributed by atoms with Gasteiger partial charge in [0.1, 0.15) is 5.75 Å². The van der Waals surface area contributed by atoms with Crippen LogP contribution in [0.25, 0.3) is 0 Å². The predicted molar refractivity (Wildman–Crippen MR) is 118 cm³/mol. The minimum absolute atomic E-state index is 0.301. The first-order valence-electron chi connectivity index (χ1n) is 10.2. The first kappa shape index (κ1) is 21.9. The largest absolute Gasteiger partial charge is 0.497 e. The number of ether oxygens (including phenoxy) is 1. The van der Waals surface area contributed by atoms with Crippen LogP contribution in [0.3, 0.4) is 0 Å². The van der Waals surface area contributed by atoms with Crippen LogP contribution in [0.15, 0.2) is 29.3 Å². The molecule has 152 valence electrons. The third-order valence-electron chi connectivity index (χ3n) is 4.89. The molecule has 1 aliphatic heterocycles. The summed E-state index contributed by atoms with van der Waals surface area (Å²) in [6, 6.07) is 8.74. The number of guanidine groups is 1. The van der Waals surface area contributed by atoms with Crippen LogP contribution < -0.4 is 15.4 Å². The highest BCUT2D eigenvalue weighted by atomic mass is 32.2. The van der Waals surface area contributed by atoms with Crippen LogP contribution in [0.4, 0.5) is 0 Å². The molecule has 1 heterocycles. The lowest BCUT2D eigenvalue weighted by atomic mass is 10.1. The summed E-state index contributed by atoms with van der Waals surface area (Å²) in [6.07, 6.45) is 7.14. The molecule has 1 aromatic rings. The van der Waals surface area contributed by atoms with E-state index in [-0.39, 0.29) is 0 Å². The molecule has 1 aromatic carbocycles. The van der Waals surface area contributed by atoms with Crippen molar-refractivity contribution in [1.29, 1.82) is 0 Å². The highest BCUT2D eigenvalue weighted by Gasteiger charge is 2.23. The van der Waals surface area contributed by atoms with Gasteiger partial charge in [0.2, 0.25) is 0 Å². The molecular weight excluding hydrogens is 356 g/mol. The fourth-order valence-electron chi connectivity index (χ4n) is 3.43. The van der Waals surface area contributed by atoms with E-state index in [0.29, 0.717) is 6.04 Å². The second-order valence-corrected chi connectivity index (χ2v) is 7.87. The molecule has 0 aromatic heterocycles. The Labute approximate surface area is 169 Å². The third kappa shape index (κ3) is 7.62. The maximum atomic E-state index is 5.44. The number of hydrogen-bond donors (Lipinski definition) is 2. The molecule has 0 aliphatic carbocycles. The number of hydrogen-bond acceptors (Lipinski definition) is 4. The van der Waals surface area contributed by atoms with Gasteiger partial charge in [0.05, 0.1) is 19.7 Å². The van der Waals surface area contributed by atoms with Gasteiger partial charge in [0.15, 0.2) is 5.96 Å². The van der Waals surface area contributed by atoms with Crippen LogP contribution in [0.5, 0.6) is 5.75 Å². The second-order valence-electron chi connectivity index (χ2n) is 6.88. The van der Waals surface area contributed by atoms with Crippen molar-refractivity contribution < 1.29 is 4.74 Å². The van der Waals surface area contributed by atoms with Gasteiger partial charge in [0, 0.05) is 13.1 Å². The Balaban J connectivity index is 2.03. The van der Waals surface area contributed by atoms with E-state index in [2.05, 4.69) is 46.9 Å². The molecule has 0 amide bonds. The molecule has 0 radical (unpaired) electrons. The fraction of sp³-hybridized carbons (Fsp3) is 0.667. The van der Waals surface area contributed by atoms with E-state index < -0.39 is 0 Å². The Kier molecular flexibility index (Phi) is 10.5. The number of benzene rings is 1. The maximum absolute atomic E-state index is 5.44. The van der Waals surface area contributed by atoms with Crippen LogP contribution in [0, 0.1) is 0 Å². The summed E-state index contributed by atoms with van der Waals surface area (Å²) in [5.41, 5.74) is 1.29. The highest BCUT2D eigenvalue weighted by molar-refractivity contribution is 7.98. The van der Waals surface area contributed by atoms with E-state index in [4.69, 9.17) is 9.73 Å². The molecule has 1 saturated heterocycles. The van der Waals surface area contributed by atoms with Crippen molar-refractivity contribution >= 4 is 17.7 Å². The molecule has 0 saturated carbocycles. The smallest absolute Gasteiger partial charge is 0.191 e. The zero-order valence-electron chi connectivity index (χ0n) is 17.2. The van der Waals surface area contributed by atoms with Gasteiger partial charge < -0.3 is 15.4 Å². The van der Waals surface area contributed by atoms with Gasteiger partial charge in [-0.2, -0.15) is 11.8 Å². The van der Waals surface area contributed by atoms with Gasteiger partial charge in [-0.3, -0.25) is 9.89 Å². The molecule has 2 N–H and O–H groups in total. The Morgan fingerprint density at radius 1 is 1.26 bits per heavy atom. The number of thioether (sulfide) groups is 1. The SMILES string of the molecule is CCNC(=NCC(c1cccc(OC)c1)N1CCCC1)NCCCCSC. The minimum Gasteiger partial charge on any atom is -0.497 e. The van der Waals surface area contributed by atoms with Crippen LogP contribution >= 0.6 is 11.8 Å². The first-order valence-corrected chi connectivity index (χ1v) is 11.6. The normalized spacial score (nSPS) is 16.3. The Bertz CT molecular complexity index is 561. The lowest BCUT2D eigenvalue weighted by Gasteiger charge is -2.27. The van der Waals surface area contributed by atoms with Crippen molar-refractivity contribution in [2.45, 2.75) is 38.6 Å². The molecule has 1 unspecified atom stereocenters. The van der Waals surface area contributed by atoms with Gasteiger partial charge in [-0.25, -0.2) is 0 Å². The molecule has 27 heavy (non-hydrogen) atoms. The predicted octanol–water partition coefficient (Wildman–Crippen LogP) is 3.53. The molecule has 1 aliphatic rings. The number of nitrogens with zero attached hydrogens (tertiary/aromatic N) is 2. The van der Waals surface area contributed by atoms with Crippen molar-refractivity contribution in [1.82, 2.24) is 15.5 Å². The van der Waals surface area contributed by atoms with E-state index in [1.165, 1.54) is 37.0 Å². The molecular formula is C21H36N4OS. The summed E-state index contributed by atoms with van der Waals surface area (Å²) in [6.45, 7) is 7.02. The van der Waals surface area contributed by atoms with E-state index in [9.17, 15) is 0 Å². The standard InChI is InChI=1S/C21H36N4OS/c1-4-22-21(23-12-5-8-15-27-3)24-17-20(25-13-6-7-14-25)18-10-9-11-19(16-18)26-2/h9-11,16,20H,4-8,12-15,17H2,1-3H3,(H2,22,23,24). The lowest BCUT2D eigenvalue weighted by Crippen LogP contribution is -2.39. The van der Waals surface area contributed by atoms with Gasteiger partial charge >= 0.3 is 0 Å². The van der Waals surface area contributed by atoms with Crippen molar-refractivity contribution in [3.05, 3.63) is 29.8 Å². The lowest BCUT2D eigenvalue weighted by molar-refractivity contribution is 0.251. The van der Waals surface area contributed by atoms with Gasteiger partial charge in [-0.1, -0.05) is 12.1 Å². The summed E-state index contributed by atoms with van der Waals surface area (Å²) < 4.78 is 5.44. The van der Waals surface area contributed by atoms with Crippen molar-refractivity contribution in [3.63, 3.8) is 0 Å². The monoisotopic (exact) mass is 392 g/mol. The van der Waals surface area contributed by atoms with E-state index in [0.717, 1.165) is 44.4 Å². The average molecular weight is 393 g/mol. The summed E-state index contributed by atoms with van der Waals surface area (Å²) in [5.74, 6) is 3.07. The summed E-state index contributed by atoms with van der Waals surface area (Å²) >= 11 is 1.91. The molecule has 2 rings (SSSR count). The highest BCUT2D eigenvalue weighted by Crippen LogP contribution is 2.27. The van der Waals surface area contributed by atoms with Crippen LogP contribution in [-0.4, -0.2) is 62.7 Å². The molecule has 1 atom stereocenters. The van der Waals surface area contributed by atoms with Gasteiger partial charge in [0.25, 0.3) is 0 Å². The second kappa shape index (κ2) is 12.9. The van der Waals surface area contributed by atoms with Gasteiger partial charge in [-0.15, -0.1) is 0 Å². The van der Waals surface area contributed by atoms with Crippen LogP contribution in [-0.2, 0) is 0 Å². The molecule has 5 nitrogen and oxygen atoms in total. The maximum Gasteiger partial charge on any atom is 0.191 e. The number of likely N-dealkylation sites (tertiary alicyclic amines) is 1. The molecule has 0 spiro atoms. The van der Waals surface area contributed by atoms with Crippen LogP contribution in [0.2, 0.25) is 0 Å². The summed E-state index contributed by atoms with van der Waals surface area (Å²) in [4.78, 5) is 7.47. The molecule has 0 bridgehead atoms. The topological polar surface area (TPSA) is 48.9 Å². The van der Waals surface area contributed by atoms with E-state index in [1.807, 2.05) is 17.8 Å². The number of nitrogens with one attached hydrogen (secondary N) is 2. The quantitative estimate of drug-likeness (QED) is 0.343. The zero-order chi connectivity index (χ0) is 19.3. The van der Waals surface area contributed by atoms with E-state index in [1.54, 1.807) is 7.11 Å². The minimum atomic E-state index is 0.301. The molecule has 1 fully saturated rings. The average Bonchev–Trinajstić information content (AvgIpc) is 3.22. The van der Waals surface area contributed by atoms with Crippen molar-refractivity contribution in [3.8, 4) is 5.75 Å². The fourth-order valence-corrected chi connectivity index (χ4v) is 3.92. The number of methoxy groups -OCH3 is 1. The van der Waals surface area contributed by atoms with Gasteiger partial charge in [-0.05, 0) is 75.4 Å². The number of aliphatic imine (C=N–C) groups is 1. The first-order chi connectivity index (χ1) is 13.3. The molecule has 6 heteroatoms. The van der Waals surface area contributed by atoms with Crippen molar-refractivity contribution in [2.24, 2.45) is 4.99 Å². The zero-order valence-corrected chi connectivity index (χ0v) is 18.0. The number of rotatable bonds is 11. The van der Waals surface area contributed by atoms with Crippen LogP contribution in [0.1, 0.15) is 44.2 Å². The summed E-state index contributed by atoms with van der Waals surface area (Å²) in [5, 5.41) is 6.87. The van der Waals surface area contributed by atoms with E-state index >= 15 is 0 Å². The third-order valence-corrected chi connectivity index (χ3v) is 5.59. The van der Waals surface area contributed by atoms with Crippen molar-refractivity contribution in [2.75, 3.05) is 51.8 Å². The Hall–Kier alpha value is -1.40. The Morgan fingerprint density at radius 2 is 2.07 bits per heavy atom. The Morgan fingerprint density at radius 3 is 2.78 bits per heavy atom.